The number of Topliss-reactive ketones (excluding diaryl/α,β-unsaturated/α-hetero) is 1. The van der Waals surface area contributed by atoms with Crippen molar-refractivity contribution in [2.45, 2.75) is 19.9 Å². The molecule has 1 saturated heterocycles. The summed E-state index contributed by atoms with van der Waals surface area (Å²) in [5.41, 5.74) is 1.53. The normalized spacial score (nSPS) is 17.9. The van der Waals surface area contributed by atoms with Gasteiger partial charge in [-0.05, 0) is 55.8 Å². The number of amides is 1. The molecular formula is C23H19FN2O4S. The highest BCUT2D eigenvalue weighted by Gasteiger charge is 2.48. The van der Waals surface area contributed by atoms with Crippen LogP contribution in [0.4, 0.5) is 9.52 Å². The first-order valence-electron chi connectivity index (χ1n) is 9.46. The zero-order chi connectivity index (χ0) is 22.3. The fraction of sp³-hybridized carbons (Fsp3) is 0.174. The van der Waals surface area contributed by atoms with E-state index in [1.807, 2.05) is 13.8 Å². The van der Waals surface area contributed by atoms with Gasteiger partial charge in [-0.1, -0.05) is 12.1 Å². The Morgan fingerprint density at radius 3 is 2.29 bits per heavy atom. The number of hydrogen-bond donors (Lipinski definition) is 1. The van der Waals surface area contributed by atoms with Crippen molar-refractivity contribution in [2.75, 3.05) is 12.0 Å². The number of hydrogen-bond acceptors (Lipinski definition) is 6. The molecule has 2 heterocycles. The second-order valence-corrected chi connectivity index (χ2v) is 8.27. The number of ether oxygens (including phenoxy) is 1. The molecule has 0 aliphatic carbocycles. The predicted octanol–water partition coefficient (Wildman–Crippen LogP) is 4.53. The molecule has 1 aliphatic heterocycles. The van der Waals surface area contributed by atoms with Crippen LogP contribution >= 0.6 is 11.3 Å². The van der Waals surface area contributed by atoms with Crippen LogP contribution in [0.5, 0.6) is 5.75 Å². The molecule has 4 rings (SSSR count). The number of benzene rings is 2. The minimum atomic E-state index is -0.888. The summed E-state index contributed by atoms with van der Waals surface area (Å²) in [6.45, 7) is 3.71. The molecule has 0 saturated carbocycles. The minimum absolute atomic E-state index is 0.0766. The van der Waals surface area contributed by atoms with Crippen molar-refractivity contribution < 1.29 is 23.8 Å². The zero-order valence-electron chi connectivity index (χ0n) is 17.0. The molecule has 3 aromatic rings. The Labute approximate surface area is 182 Å². The number of aliphatic hydroxyl groups is 1. The van der Waals surface area contributed by atoms with Crippen LogP contribution in [0.15, 0.2) is 54.1 Å². The Bertz CT molecular complexity index is 1180. The summed E-state index contributed by atoms with van der Waals surface area (Å²) in [4.78, 5) is 32.8. The number of aromatic nitrogens is 1. The van der Waals surface area contributed by atoms with Gasteiger partial charge in [-0.3, -0.25) is 14.5 Å². The largest absolute Gasteiger partial charge is 0.507 e. The summed E-state index contributed by atoms with van der Waals surface area (Å²) < 4.78 is 18.6. The summed E-state index contributed by atoms with van der Waals surface area (Å²) in [6, 6.07) is 11.1. The van der Waals surface area contributed by atoms with Gasteiger partial charge >= 0.3 is 5.91 Å². The molecule has 6 nitrogen and oxygen atoms in total. The molecule has 1 fully saturated rings. The summed E-state index contributed by atoms with van der Waals surface area (Å²) in [7, 11) is 1.54. The van der Waals surface area contributed by atoms with Gasteiger partial charge in [0, 0.05) is 10.4 Å². The molecule has 1 N–H and O–H groups in total. The highest BCUT2D eigenvalue weighted by atomic mass is 32.1. The lowest BCUT2D eigenvalue weighted by atomic mass is 9.95. The standard InChI is InChI=1S/C23H19FN2O4S/c1-12-13(2)31-23(25-12)26-19(14-6-10-17(30-3)11-7-14)18(21(28)22(26)29)20(27)15-4-8-16(24)9-5-15/h4-11,19,27H,1-3H3/t19-/m0/s1. The molecule has 2 aromatic carbocycles. The van der Waals surface area contributed by atoms with Gasteiger partial charge in [0.05, 0.1) is 24.4 Å². The van der Waals surface area contributed by atoms with E-state index < -0.39 is 23.5 Å². The zero-order valence-corrected chi connectivity index (χ0v) is 17.9. The highest BCUT2D eigenvalue weighted by molar-refractivity contribution is 7.16. The fourth-order valence-corrected chi connectivity index (χ4v) is 4.39. The number of anilines is 1. The van der Waals surface area contributed by atoms with E-state index in [0.717, 1.165) is 10.6 Å². The number of nitrogens with zero attached hydrogens (tertiary/aromatic N) is 2. The lowest BCUT2D eigenvalue weighted by Gasteiger charge is -2.23. The number of aryl methyl sites for hydroxylation is 2. The molecule has 1 amide bonds. The minimum Gasteiger partial charge on any atom is -0.507 e. The number of aliphatic hydroxyl groups excluding tert-OH is 1. The summed E-state index contributed by atoms with van der Waals surface area (Å²) >= 11 is 1.30. The molecule has 1 aromatic heterocycles. The molecule has 0 unspecified atom stereocenters. The van der Waals surface area contributed by atoms with Crippen molar-refractivity contribution in [1.82, 2.24) is 4.98 Å². The number of methoxy groups -OCH3 is 1. The van der Waals surface area contributed by atoms with Gasteiger partial charge in [0.2, 0.25) is 0 Å². The Balaban J connectivity index is 1.93. The van der Waals surface area contributed by atoms with Gasteiger partial charge in [-0.25, -0.2) is 9.37 Å². The topological polar surface area (TPSA) is 79.7 Å². The van der Waals surface area contributed by atoms with Gasteiger partial charge in [-0.15, -0.1) is 11.3 Å². The van der Waals surface area contributed by atoms with Crippen molar-refractivity contribution in [2.24, 2.45) is 0 Å². The highest BCUT2D eigenvalue weighted by Crippen LogP contribution is 2.43. The molecule has 0 spiro atoms. The van der Waals surface area contributed by atoms with Crippen LogP contribution in [0.1, 0.15) is 27.7 Å². The van der Waals surface area contributed by atoms with Crippen molar-refractivity contribution in [3.63, 3.8) is 0 Å². The molecular weight excluding hydrogens is 419 g/mol. The van der Waals surface area contributed by atoms with Crippen LogP contribution in [-0.2, 0) is 9.59 Å². The fourth-order valence-electron chi connectivity index (χ4n) is 3.45. The van der Waals surface area contributed by atoms with Crippen LogP contribution in [0, 0.1) is 19.7 Å². The van der Waals surface area contributed by atoms with E-state index in [-0.39, 0.29) is 16.9 Å². The smallest absolute Gasteiger partial charge is 0.301 e. The Morgan fingerprint density at radius 1 is 1.10 bits per heavy atom. The van der Waals surface area contributed by atoms with Crippen LogP contribution in [-0.4, -0.2) is 28.9 Å². The molecule has 31 heavy (non-hydrogen) atoms. The second-order valence-electron chi connectivity index (χ2n) is 7.09. The van der Waals surface area contributed by atoms with Gasteiger partial charge in [0.15, 0.2) is 5.13 Å². The van der Waals surface area contributed by atoms with E-state index in [4.69, 9.17) is 4.74 Å². The van der Waals surface area contributed by atoms with Gasteiger partial charge in [0.25, 0.3) is 5.78 Å². The van der Waals surface area contributed by atoms with E-state index in [9.17, 15) is 19.1 Å². The number of rotatable bonds is 4. The molecule has 0 radical (unpaired) electrons. The van der Waals surface area contributed by atoms with E-state index in [1.54, 1.807) is 24.3 Å². The lowest BCUT2D eigenvalue weighted by molar-refractivity contribution is -0.132. The third-order valence-electron chi connectivity index (χ3n) is 5.22. The van der Waals surface area contributed by atoms with E-state index in [1.165, 1.54) is 47.6 Å². The Kier molecular flexibility index (Phi) is 5.32. The SMILES string of the molecule is COc1ccc([C@H]2C(=C(O)c3ccc(F)cc3)C(=O)C(=O)N2c2nc(C)c(C)s2)cc1. The molecule has 1 atom stereocenters. The second kappa shape index (κ2) is 7.96. The van der Waals surface area contributed by atoms with Crippen LogP contribution in [0.2, 0.25) is 0 Å². The van der Waals surface area contributed by atoms with E-state index in [0.29, 0.717) is 16.4 Å². The third kappa shape index (κ3) is 3.59. The maximum absolute atomic E-state index is 13.4. The lowest BCUT2D eigenvalue weighted by Crippen LogP contribution is -2.29. The van der Waals surface area contributed by atoms with E-state index >= 15 is 0 Å². The number of carbonyl (C=O) groups excluding carboxylic acids is 2. The van der Waals surface area contributed by atoms with Crippen molar-refractivity contribution in [1.29, 1.82) is 0 Å². The maximum atomic E-state index is 13.4. The average molecular weight is 438 g/mol. The third-order valence-corrected chi connectivity index (χ3v) is 6.29. The van der Waals surface area contributed by atoms with Crippen molar-refractivity contribution >= 4 is 33.9 Å². The van der Waals surface area contributed by atoms with Crippen molar-refractivity contribution in [3.05, 3.63) is 81.6 Å². The summed E-state index contributed by atoms with van der Waals surface area (Å²) in [5.74, 6) is -1.84. The number of thiazole rings is 1. The number of halogens is 1. The monoisotopic (exact) mass is 438 g/mol. The Hall–Kier alpha value is -3.52. The summed E-state index contributed by atoms with van der Waals surface area (Å²) in [6.07, 6.45) is 0. The molecule has 1 aliphatic rings. The van der Waals surface area contributed by atoms with E-state index in [2.05, 4.69) is 4.98 Å². The maximum Gasteiger partial charge on any atom is 0.301 e. The first kappa shape index (κ1) is 20.7. The predicted molar refractivity (Wildman–Crippen MR) is 116 cm³/mol. The van der Waals surface area contributed by atoms with Crippen LogP contribution in [0.25, 0.3) is 5.76 Å². The Morgan fingerprint density at radius 2 is 1.74 bits per heavy atom. The average Bonchev–Trinajstić information content (AvgIpc) is 3.23. The first-order valence-corrected chi connectivity index (χ1v) is 10.3. The first-order chi connectivity index (χ1) is 14.8. The number of carbonyl (C=O) groups is 2. The summed E-state index contributed by atoms with van der Waals surface area (Å²) in [5, 5.41) is 11.3. The molecule has 8 heteroatoms. The van der Waals surface area contributed by atoms with Gasteiger partial charge in [0.1, 0.15) is 17.3 Å². The van der Waals surface area contributed by atoms with Crippen LogP contribution in [0.3, 0.4) is 0 Å². The quantitative estimate of drug-likeness (QED) is 0.368. The van der Waals surface area contributed by atoms with Gasteiger partial charge in [-0.2, -0.15) is 0 Å². The van der Waals surface area contributed by atoms with Crippen molar-refractivity contribution in [3.8, 4) is 5.75 Å². The van der Waals surface area contributed by atoms with Crippen LogP contribution < -0.4 is 9.64 Å². The molecule has 158 valence electrons. The van der Waals surface area contributed by atoms with Gasteiger partial charge < -0.3 is 9.84 Å². The molecule has 0 bridgehead atoms. The number of ketones is 1.